The highest BCUT2D eigenvalue weighted by molar-refractivity contribution is 7.86. The predicted molar refractivity (Wildman–Crippen MR) is 37.7 cm³/mol. The number of ether oxygens (including phenoxy) is 1. The van der Waals surface area contributed by atoms with Crippen molar-refractivity contribution in [1.29, 1.82) is 0 Å². The van der Waals surface area contributed by atoms with Crippen molar-refractivity contribution in [2.24, 2.45) is 0 Å². The number of methoxy groups -OCH3 is 1. The van der Waals surface area contributed by atoms with Crippen molar-refractivity contribution in [3.63, 3.8) is 0 Å². The Kier molecular flexibility index (Phi) is 3.58. The molecule has 0 saturated carbocycles. The normalized spacial score (nSPS) is 18.4. The smallest absolute Gasteiger partial charge is 0.293 e. The molecule has 0 aromatic rings. The van der Waals surface area contributed by atoms with Crippen molar-refractivity contribution in [1.82, 2.24) is 0 Å². The minimum atomic E-state index is -4.17. The molecule has 2 unspecified atom stereocenters. The fourth-order valence-electron chi connectivity index (χ4n) is 0.546. The lowest BCUT2D eigenvalue weighted by Crippen LogP contribution is -2.30. The molecule has 1 N–H and O–H groups in total. The molecule has 62 valence electrons. The number of alkyl halides is 1. The van der Waals surface area contributed by atoms with Crippen molar-refractivity contribution < 1.29 is 17.7 Å². The Bertz CT molecular complexity index is 185. The van der Waals surface area contributed by atoms with Crippen LogP contribution in [0.25, 0.3) is 0 Å². The van der Waals surface area contributed by atoms with Gasteiger partial charge >= 0.3 is 0 Å². The van der Waals surface area contributed by atoms with Gasteiger partial charge in [0.1, 0.15) is 0 Å². The summed E-state index contributed by atoms with van der Waals surface area (Å²) in [6.45, 7) is 1.42. The largest absolute Gasteiger partial charge is 0.362 e. The molecular formula is C4H9ClO4S. The monoisotopic (exact) mass is 188 g/mol. The molecule has 0 rings (SSSR count). The SMILES string of the molecule is COC(C(C)Cl)S(=O)(=O)O. The summed E-state index contributed by atoms with van der Waals surface area (Å²) >= 11 is 5.36. The molecule has 10 heavy (non-hydrogen) atoms. The Morgan fingerprint density at radius 3 is 2.00 bits per heavy atom. The van der Waals surface area contributed by atoms with E-state index in [9.17, 15) is 8.42 Å². The van der Waals surface area contributed by atoms with Crippen LogP contribution in [0, 0.1) is 0 Å². The van der Waals surface area contributed by atoms with Gasteiger partial charge in [0.05, 0.1) is 5.38 Å². The first kappa shape index (κ1) is 10.2. The highest BCUT2D eigenvalue weighted by Gasteiger charge is 2.27. The Hall–Kier alpha value is 0.160. The maximum atomic E-state index is 10.4. The summed E-state index contributed by atoms with van der Waals surface area (Å²) in [5.41, 5.74) is -1.34. The molecular weight excluding hydrogens is 180 g/mol. The first-order chi connectivity index (χ1) is 4.39. The maximum absolute atomic E-state index is 10.4. The molecule has 0 aromatic heterocycles. The first-order valence-electron chi connectivity index (χ1n) is 2.52. The predicted octanol–water partition coefficient (Wildman–Crippen LogP) is 0.474. The molecule has 0 aliphatic carbocycles. The van der Waals surface area contributed by atoms with E-state index in [1.54, 1.807) is 0 Å². The van der Waals surface area contributed by atoms with E-state index >= 15 is 0 Å². The van der Waals surface area contributed by atoms with Gasteiger partial charge in [-0.15, -0.1) is 11.6 Å². The molecule has 0 amide bonds. The molecule has 0 aromatic carbocycles. The van der Waals surface area contributed by atoms with E-state index in [0.29, 0.717) is 0 Å². The second-order valence-corrected chi connectivity index (χ2v) is 3.98. The number of rotatable bonds is 3. The Labute approximate surface area is 64.9 Å². The van der Waals surface area contributed by atoms with E-state index in [1.807, 2.05) is 0 Å². The molecule has 2 atom stereocenters. The summed E-state index contributed by atoms with van der Waals surface area (Å²) in [7, 11) is -3.00. The maximum Gasteiger partial charge on any atom is 0.293 e. The first-order valence-corrected chi connectivity index (χ1v) is 4.46. The third kappa shape index (κ3) is 2.83. The molecule has 0 saturated heterocycles. The van der Waals surface area contributed by atoms with Gasteiger partial charge in [-0.25, -0.2) is 0 Å². The zero-order chi connectivity index (χ0) is 8.36. The molecule has 0 aliphatic rings. The van der Waals surface area contributed by atoms with E-state index in [-0.39, 0.29) is 0 Å². The molecule has 4 nitrogen and oxygen atoms in total. The average Bonchev–Trinajstić information content (AvgIpc) is 1.60. The van der Waals surface area contributed by atoms with Crippen LogP contribution >= 0.6 is 11.6 Å². The lowest BCUT2D eigenvalue weighted by atomic mass is 10.5. The minimum absolute atomic E-state index is 0.764. The number of hydrogen-bond acceptors (Lipinski definition) is 3. The topological polar surface area (TPSA) is 63.6 Å². The van der Waals surface area contributed by atoms with Crippen LogP contribution in [0.5, 0.6) is 0 Å². The molecule has 6 heteroatoms. The summed E-state index contributed by atoms with van der Waals surface area (Å²) in [4.78, 5) is 0. The zero-order valence-electron chi connectivity index (χ0n) is 5.61. The van der Waals surface area contributed by atoms with E-state index < -0.39 is 20.9 Å². The Morgan fingerprint density at radius 2 is 2.00 bits per heavy atom. The van der Waals surface area contributed by atoms with Gasteiger partial charge in [0.2, 0.25) is 0 Å². The van der Waals surface area contributed by atoms with Crippen LogP contribution in [0.1, 0.15) is 6.92 Å². The van der Waals surface area contributed by atoms with Gasteiger partial charge in [-0.05, 0) is 6.92 Å². The van der Waals surface area contributed by atoms with E-state index in [2.05, 4.69) is 4.74 Å². The van der Waals surface area contributed by atoms with Crippen LogP contribution in [0.15, 0.2) is 0 Å². The van der Waals surface area contributed by atoms with E-state index in [1.165, 1.54) is 6.92 Å². The highest BCUT2D eigenvalue weighted by Crippen LogP contribution is 2.10. The highest BCUT2D eigenvalue weighted by atomic mass is 35.5. The van der Waals surface area contributed by atoms with Gasteiger partial charge in [0.25, 0.3) is 10.1 Å². The minimum Gasteiger partial charge on any atom is -0.362 e. The third-order valence-electron chi connectivity index (χ3n) is 0.901. The molecule has 0 heterocycles. The van der Waals surface area contributed by atoms with Crippen LogP contribution in [-0.4, -0.2) is 30.9 Å². The second-order valence-electron chi connectivity index (χ2n) is 1.80. The molecule has 0 bridgehead atoms. The van der Waals surface area contributed by atoms with E-state index in [4.69, 9.17) is 16.2 Å². The second kappa shape index (κ2) is 3.52. The van der Waals surface area contributed by atoms with Gasteiger partial charge in [-0.1, -0.05) is 0 Å². The third-order valence-corrected chi connectivity index (χ3v) is 2.47. The average molecular weight is 189 g/mol. The van der Waals surface area contributed by atoms with Gasteiger partial charge < -0.3 is 4.74 Å². The summed E-state index contributed by atoms with van der Waals surface area (Å²) in [6, 6.07) is 0. The van der Waals surface area contributed by atoms with Gasteiger partial charge in [-0.3, -0.25) is 4.55 Å². The van der Waals surface area contributed by atoms with Crippen molar-refractivity contribution in [3.8, 4) is 0 Å². The van der Waals surface area contributed by atoms with Crippen LogP contribution in [-0.2, 0) is 14.9 Å². The fourth-order valence-corrected chi connectivity index (χ4v) is 1.76. The van der Waals surface area contributed by atoms with Crippen LogP contribution in [0.2, 0.25) is 0 Å². The van der Waals surface area contributed by atoms with Crippen LogP contribution < -0.4 is 0 Å². The summed E-state index contributed by atoms with van der Waals surface area (Å²) in [6.07, 6.45) is 0. The summed E-state index contributed by atoms with van der Waals surface area (Å²) in [5, 5.41) is -0.764. The number of halogens is 1. The van der Waals surface area contributed by atoms with Crippen LogP contribution in [0.3, 0.4) is 0 Å². The summed E-state index contributed by atoms with van der Waals surface area (Å²) < 4.78 is 33.5. The fraction of sp³-hybridized carbons (Fsp3) is 1.00. The van der Waals surface area contributed by atoms with E-state index in [0.717, 1.165) is 7.11 Å². The summed E-state index contributed by atoms with van der Waals surface area (Å²) in [5.74, 6) is 0. The van der Waals surface area contributed by atoms with Crippen molar-refractivity contribution >= 4 is 21.7 Å². The standard InChI is InChI=1S/C4H9ClO4S/c1-3(5)4(9-2)10(6,7)8/h3-4H,1-2H3,(H,6,7,8). The van der Waals surface area contributed by atoms with Crippen LogP contribution in [0.4, 0.5) is 0 Å². The molecule has 0 fully saturated rings. The Balaban J connectivity index is 4.38. The zero-order valence-corrected chi connectivity index (χ0v) is 7.19. The van der Waals surface area contributed by atoms with Crippen molar-refractivity contribution in [2.75, 3.05) is 7.11 Å². The number of hydrogen-bond donors (Lipinski definition) is 1. The molecule has 0 aliphatic heterocycles. The molecule has 0 spiro atoms. The van der Waals surface area contributed by atoms with Crippen molar-refractivity contribution in [2.45, 2.75) is 17.7 Å². The van der Waals surface area contributed by atoms with Crippen molar-refractivity contribution in [3.05, 3.63) is 0 Å². The lowest BCUT2D eigenvalue weighted by molar-refractivity contribution is 0.154. The Morgan fingerprint density at radius 1 is 1.60 bits per heavy atom. The van der Waals surface area contributed by atoms with Gasteiger partial charge in [-0.2, -0.15) is 8.42 Å². The van der Waals surface area contributed by atoms with Gasteiger partial charge in [0.15, 0.2) is 5.44 Å². The quantitative estimate of drug-likeness (QED) is 0.517. The lowest BCUT2D eigenvalue weighted by Gasteiger charge is -2.12. The molecule has 0 radical (unpaired) electrons. The van der Waals surface area contributed by atoms with Gasteiger partial charge in [0, 0.05) is 7.11 Å².